The van der Waals surface area contributed by atoms with E-state index in [-0.39, 0.29) is 0 Å². The molecule has 0 radical (unpaired) electrons. The molecule has 1 atom stereocenters. The van der Waals surface area contributed by atoms with Crippen LogP contribution in [0.4, 0.5) is 26.3 Å². The van der Waals surface area contributed by atoms with Gasteiger partial charge in [0.15, 0.2) is 0 Å². The van der Waals surface area contributed by atoms with Crippen molar-refractivity contribution in [2.45, 2.75) is 44.2 Å². The largest absolute Gasteiger partial charge is 0.395 e. The molecule has 98 valence electrons. The number of aliphatic hydroxyl groups excluding tert-OH is 1. The molecule has 1 unspecified atom stereocenters. The van der Waals surface area contributed by atoms with Gasteiger partial charge in [0.1, 0.15) is 0 Å². The van der Waals surface area contributed by atoms with E-state index in [2.05, 4.69) is 5.32 Å². The highest BCUT2D eigenvalue weighted by atomic mass is 19.4. The summed E-state index contributed by atoms with van der Waals surface area (Å²) in [5.41, 5.74) is 0. The summed E-state index contributed by atoms with van der Waals surface area (Å²) in [6.07, 6.45) is -12.5. The second kappa shape index (κ2) is 5.72. The van der Waals surface area contributed by atoms with E-state index in [1.54, 1.807) is 0 Å². The third kappa shape index (κ3) is 8.78. The van der Waals surface area contributed by atoms with Crippen LogP contribution in [0.5, 0.6) is 0 Å². The minimum Gasteiger partial charge on any atom is -0.395 e. The molecular formula is C8H13F6NO. The highest BCUT2D eigenvalue weighted by molar-refractivity contribution is 4.77. The van der Waals surface area contributed by atoms with Gasteiger partial charge < -0.3 is 10.4 Å². The van der Waals surface area contributed by atoms with Crippen LogP contribution in [0.3, 0.4) is 0 Å². The van der Waals surface area contributed by atoms with Crippen LogP contribution < -0.4 is 5.32 Å². The molecule has 0 bridgehead atoms. The minimum absolute atomic E-state index is 0.522. The lowest BCUT2D eigenvalue weighted by Gasteiger charge is -2.24. The Hall–Kier alpha value is -0.500. The predicted octanol–water partition coefficient (Wildman–Crippen LogP) is 2.23. The Morgan fingerprint density at radius 1 is 1.00 bits per heavy atom. The van der Waals surface area contributed by atoms with E-state index >= 15 is 0 Å². The maximum Gasteiger partial charge on any atom is 0.390 e. The molecule has 16 heavy (non-hydrogen) atoms. The summed E-state index contributed by atoms with van der Waals surface area (Å²) in [7, 11) is 0. The van der Waals surface area contributed by atoms with Crippen molar-refractivity contribution in [3.63, 3.8) is 0 Å². The van der Waals surface area contributed by atoms with Crippen LogP contribution in [0.2, 0.25) is 0 Å². The molecule has 0 aromatic carbocycles. The third-order valence-corrected chi connectivity index (χ3v) is 1.75. The van der Waals surface area contributed by atoms with Crippen molar-refractivity contribution in [2.75, 3.05) is 6.61 Å². The van der Waals surface area contributed by atoms with Gasteiger partial charge in [-0.1, -0.05) is 0 Å². The maximum atomic E-state index is 12.0. The average Bonchev–Trinajstić information content (AvgIpc) is 1.97. The Bertz CT molecular complexity index is 186. The van der Waals surface area contributed by atoms with Gasteiger partial charge in [0.05, 0.1) is 19.4 Å². The molecule has 0 rings (SSSR count). The first-order valence-electron chi connectivity index (χ1n) is 4.54. The maximum absolute atomic E-state index is 12.0. The number of halogens is 6. The lowest BCUT2D eigenvalue weighted by Crippen LogP contribution is -2.43. The number of hydrogen-bond acceptors (Lipinski definition) is 2. The van der Waals surface area contributed by atoms with Crippen LogP contribution in [-0.4, -0.2) is 36.1 Å². The van der Waals surface area contributed by atoms with Crippen LogP contribution >= 0.6 is 0 Å². The topological polar surface area (TPSA) is 32.3 Å². The molecule has 0 fully saturated rings. The Morgan fingerprint density at radius 3 is 1.62 bits per heavy atom. The molecule has 2 nitrogen and oxygen atoms in total. The second-order valence-corrected chi connectivity index (χ2v) is 3.59. The summed E-state index contributed by atoms with van der Waals surface area (Å²) in [4.78, 5) is 0. The Kier molecular flexibility index (Phi) is 5.54. The van der Waals surface area contributed by atoms with Crippen molar-refractivity contribution in [1.29, 1.82) is 0 Å². The number of aliphatic hydroxyl groups is 1. The van der Waals surface area contributed by atoms with Crippen molar-refractivity contribution in [2.24, 2.45) is 0 Å². The fraction of sp³-hybridized carbons (Fsp3) is 1.00. The summed E-state index contributed by atoms with van der Waals surface area (Å²) in [5, 5.41) is 10.6. The summed E-state index contributed by atoms with van der Waals surface area (Å²) >= 11 is 0. The van der Waals surface area contributed by atoms with Gasteiger partial charge in [-0.3, -0.25) is 0 Å². The van der Waals surface area contributed by atoms with E-state index in [1.807, 2.05) is 0 Å². The molecule has 0 aliphatic rings. The second-order valence-electron chi connectivity index (χ2n) is 3.59. The molecule has 0 heterocycles. The minimum atomic E-state index is -4.67. The molecule has 2 N–H and O–H groups in total. The summed E-state index contributed by atoms with van der Waals surface area (Å²) in [6, 6.07) is -2.57. The Balaban J connectivity index is 4.39. The first-order valence-corrected chi connectivity index (χ1v) is 4.54. The zero-order chi connectivity index (χ0) is 13.0. The van der Waals surface area contributed by atoms with E-state index in [0.717, 1.165) is 0 Å². The number of nitrogens with one attached hydrogen (secondary N) is 1. The first-order chi connectivity index (χ1) is 7.03. The molecule has 0 saturated heterocycles. The zero-order valence-corrected chi connectivity index (χ0v) is 8.49. The van der Waals surface area contributed by atoms with Gasteiger partial charge in [-0.25, -0.2) is 0 Å². The van der Waals surface area contributed by atoms with Gasteiger partial charge in [0.2, 0.25) is 0 Å². The standard InChI is InChI=1S/C8H13F6NO/c1-5(4-16)15-6(2-7(9,10)11)3-8(12,13)14/h5-6,15-16H,2-4H2,1H3. The lowest BCUT2D eigenvalue weighted by molar-refractivity contribution is -0.165. The number of rotatable bonds is 5. The predicted molar refractivity (Wildman–Crippen MR) is 44.8 cm³/mol. The van der Waals surface area contributed by atoms with Gasteiger partial charge in [-0.2, -0.15) is 26.3 Å². The Morgan fingerprint density at radius 2 is 1.38 bits per heavy atom. The number of hydrogen-bond donors (Lipinski definition) is 2. The van der Waals surface area contributed by atoms with Crippen LogP contribution in [0.15, 0.2) is 0 Å². The quantitative estimate of drug-likeness (QED) is 0.736. The van der Waals surface area contributed by atoms with E-state index in [4.69, 9.17) is 5.11 Å². The molecule has 0 spiro atoms. The van der Waals surface area contributed by atoms with Crippen LogP contribution in [-0.2, 0) is 0 Å². The first kappa shape index (κ1) is 15.5. The zero-order valence-electron chi connectivity index (χ0n) is 8.49. The van der Waals surface area contributed by atoms with Crippen molar-refractivity contribution in [3.05, 3.63) is 0 Å². The summed E-state index contributed by atoms with van der Waals surface area (Å²) < 4.78 is 71.8. The van der Waals surface area contributed by atoms with Gasteiger partial charge in [-0.15, -0.1) is 0 Å². The van der Waals surface area contributed by atoms with Gasteiger partial charge >= 0.3 is 12.4 Å². The van der Waals surface area contributed by atoms with Crippen LogP contribution in [0.1, 0.15) is 19.8 Å². The lowest BCUT2D eigenvalue weighted by atomic mass is 10.1. The van der Waals surface area contributed by atoms with Crippen molar-refractivity contribution in [3.8, 4) is 0 Å². The molecular weight excluding hydrogens is 240 g/mol. The van der Waals surface area contributed by atoms with Gasteiger partial charge in [0, 0.05) is 12.1 Å². The Labute approximate surface area is 88.6 Å². The molecule has 0 aromatic rings. The van der Waals surface area contributed by atoms with Gasteiger partial charge in [0.25, 0.3) is 0 Å². The highest BCUT2D eigenvalue weighted by Crippen LogP contribution is 2.28. The van der Waals surface area contributed by atoms with E-state index in [1.165, 1.54) is 6.92 Å². The van der Waals surface area contributed by atoms with Crippen molar-refractivity contribution < 1.29 is 31.4 Å². The fourth-order valence-electron chi connectivity index (χ4n) is 1.20. The van der Waals surface area contributed by atoms with Crippen molar-refractivity contribution >= 4 is 0 Å². The number of alkyl halides is 6. The van der Waals surface area contributed by atoms with Crippen LogP contribution in [0.25, 0.3) is 0 Å². The fourth-order valence-corrected chi connectivity index (χ4v) is 1.20. The average molecular weight is 253 g/mol. The SMILES string of the molecule is CC(CO)NC(CC(F)(F)F)CC(F)(F)F. The third-order valence-electron chi connectivity index (χ3n) is 1.75. The van der Waals surface area contributed by atoms with E-state index < -0.39 is 43.9 Å². The van der Waals surface area contributed by atoms with E-state index in [0.29, 0.717) is 0 Å². The summed E-state index contributed by atoms with van der Waals surface area (Å²) in [6.45, 7) is 0.784. The molecule has 0 aliphatic carbocycles. The molecule has 0 amide bonds. The van der Waals surface area contributed by atoms with Crippen LogP contribution in [0, 0.1) is 0 Å². The van der Waals surface area contributed by atoms with Gasteiger partial charge in [-0.05, 0) is 6.92 Å². The highest BCUT2D eigenvalue weighted by Gasteiger charge is 2.39. The molecule has 0 saturated carbocycles. The molecule has 8 heteroatoms. The summed E-state index contributed by atoms with van der Waals surface area (Å²) in [5.74, 6) is 0. The monoisotopic (exact) mass is 253 g/mol. The molecule has 0 aliphatic heterocycles. The molecule has 0 aromatic heterocycles. The van der Waals surface area contributed by atoms with Crippen molar-refractivity contribution in [1.82, 2.24) is 5.32 Å². The normalized spacial score (nSPS) is 15.6. The van der Waals surface area contributed by atoms with E-state index in [9.17, 15) is 26.3 Å². The smallest absolute Gasteiger partial charge is 0.390 e.